The van der Waals surface area contributed by atoms with Gasteiger partial charge in [-0.25, -0.2) is 0 Å². The molecule has 1 aliphatic heterocycles. The van der Waals surface area contributed by atoms with Crippen molar-refractivity contribution in [2.24, 2.45) is 5.41 Å². The number of carbonyl (C=O) groups is 1. The van der Waals surface area contributed by atoms with Crippen LogP contribution in [-0.4, -0.2) is 30.4 Å². The van der Waals surface area contributed by atoms with E-state index in [4.69, 9.17) is 0 Å². The minimum absolute atomic E-state index is 0.0618. The van der Waals surface area contributed by atoms with Gasteiger partial charge < -0.3 is 5.32 Å². The van der Waals surface area contributed by atoms with E-state index >= 15 is 0 Å². The lowest BCUT2D eigenvalue weighted by Gasteiger charge is -2.28. The molecule has 1 atom stereocenters. The molecule has 2 fully saturated rings. The van der Waals surface area contributed by atoms with Crippen molar-refractivity contribution in [3.63, 3.8) is 0 Å². The number of likely N-dealkylation sites (tertiary alicyclic amines) is 1. The lowest BCUT2D eigenvalue weighted by Crippen LogP contribution is -2.42. The number of nitrogens with one attached hydrogen (secondary N) is 1. The van der Waals surface area contributed by atoms with Crippen molar-refractivity contribution in [1.29, 1.82) is 5.26 Å². The maximum Gasteiger partial charge on any atom is 0.240 e. The maximum absolute atomic E-state index is 12.5. The summed E-state index contributed by atoms with van der Waals surface area (Å²) in [4.78, 5) is 16.3. The molecule has 1 saturated carbocycles. The van der Waals surface area contributed by atoms with E-state index in [1.807, 2.05) is 0 Å². The molecule has 0 bridgehead atoms. The third-order valence-corrected chi connectivity index (χ3v) is 5.99. The Balaban J connectivity index is 1.66. The molecule has 4 nitrogen and oxygen atoms in total. The Labute approximate surface area is 136 Å². The fourth-order valence-electron chi connectivity index (χ4n) is 3.67. The van der Waals surface area contributed by atoms with E-state index in [0.717, 1.165) is 25.9 Å². The van der Waals surface area contributed by atoms with E-state index < -0.39 is 5.41 Å². The van der Waals surface area contributed by atoms with E-state index in [1.54, 1.807) is 11.3 Å². The number of nitrogens with zero attached hydrogens (tertiary/aromatic N) is 2. The molecule has 1 unspecified atom stereocenters. The molecule has 1 saturated heterocycles. The van der Waals surface area contributed by atoms with Crippen LogP contribution in [0.3, 0.4) is 0 Å². The highest BCUT2D eigenvalue weighted by Gasteiger charge is 2.41. The molecule has 1 aromatic heterocycles. The van der Waals surface area contributed by atoms with Crippen molar-refractivity contribution in [1.82, 2.24) is 10.2 Å². The van der Waals surface area contributed by atoms with Gasteiger partial charge in [-0.2, -0.15) is 5.26 Å². The van der Waals surface area contributed by atoms with E-state index in [2.05, 4.69) is 33.8 Å². The molecule has 2 heterocycles. The summed E-state index contributed by atoms with van der Waals surface area (Å²) < 4.78 is 0. The first-order valence-corrected chi connectivity index (χ1v) is 9.10. The first-order valence-electron chi connectivity index (χ1n) is 8.22. The Bertz CT molecular complexity index is 537. The smallest absolute Gasteiger partial charge is 0.240 e. The molecule has 118 valence electrons. The Hall–Kier alpha value is -1.38. The van der Waals surface area contributed by atoms with Crippen LogP contribution in [0.4, 0.5) is 0 Å². The normalized spacial score (nSPS) is 22.3. The monoisotopic (exact) mass is 317 g/mol. The fourth-order valence-corrected chi connectivity index (χ4v) is 4.53. The van der Waals surface area contributed by atoms with Gasteiger partial charge in [0.05, 0.1) is 12.1 Å². The summed E-state index contributed by atoms with van der Waals surface area (Å²) in [6.07, 6.45) is 5.87. The number of nitriles is 1. The van der Waals surface area contributed by atoms with E-state index in [1.165, 1.54) is 17.7 Å². The molecule has 22 heavy (non-hydrogen) atoms. The molecule has 1 aliphatic carbocycles. The largest absolute Gasteiger partial charge is 0.353 e. The molecule has 1 amide bonds. The van der Waals surface area contributed by atoms with Gasteiger partial charge in [0.1, 0.15) is 5.41 Å². The molecule has 2 aliphatic rings. The summed E-state index contributed by atoms with van der Waals surface area (Å²) >= 11 is 1.75. The first kappa shape index (κ1) is 15.5. The summed E-state index contributed by atoms with van der Waals surface area (Å²) in [5, 5.41) is 14.6. The van der Waals surface area contributed by atoms with Crippen molar-refractivity contribution in [3.8, 4) is 6.07 Å². The summed E-state index contributed by atoms with van der Waals surface area (Å²) in [5.41, 5.74) is -0.773. The molecular weight excluding hydrogens is 294 g/mol. The third kappa shape index (κ3) is 3.04. The quantitative estimate of drug-likeness (QED) is 0.908. The van der Waals surface area contributed by atoms with Crippen LogP contribution >= 0.6 is 11.3 Å². The fraction of sp³-hybridized carbons (Fsp3) is 0.647. The van der Waals surface area contributed by atoms with E-state index in [9.17, 15) is 10.1 Å². The van der Waals surface area contributed by atoms with E-state index in [0.29, 0.717) is 19.4 Å². The zero-order valence-electron chi connectivity index (χ0n) is 12.9. The number of amides is 1. The van der Waals surface area contributed by atoms with Gasteiger partial charge in [-0.3, -0.25) is 9.69 Å². The third-order valence-electron chi connectivity index (χ3n) is 5.01. The zero-order valence-corrected chi connectivity index (χ0v) is 13.7. The molecule has 0 aromatic carbocycles. The van der Waals surface area contributed by atoms with Crippen molar-refractivity contribution in [2.75, 3.05) is 19.6 Å². The minimum atomic E-state index is -0.773. The Morgan fingerprint density at radius 3 is 2.68 bits per heavy atom. The Kier molecular flexibility index (Phi) is 4.80. The van der Waals surface area contributed by atoms with Gasteiger partial charge in [0.2, 0.25) is 5.91 Å². The molecule has 3 rings (SSSR count). The highest BCUT2D eigenvalue weighted by molar-refractivity contribution is 7.10. The van der Waals surface area contributed by atoms with Crippen molar-refractivity contribution >= 4 is 17.2 Å². The molecular formula is C17H23N3OS. The number of hydrogen-bond donors (Lipinski definition) is 1. The van der Waals surface area contributed by atoms with Gasteiger partial charge in [0, 0.05) is 11.4 Å². The molecule has 1 aromatic rings. The van der Waals surface area contributed by atoms with Gasteiger partial charge in [0.25, 0.3) is 0 Å². The average molecular weight is 317 g/mol. The summed E-state index contributed by atoms with van der Waals surface area (Å²) in [5.74, 6) is -0.0618. The van der Waals surface area contributed by atoms with Crippen LogP contribution in [0.1, 0.15) is 49.4 Å². The van der Waals surface area contributed by atoms with Crippen LogP contribution in [0.15, 0.2) is 17.5 Å². The number of carbonyl (C=O) groups excluding carboxylic acids is 1. The van der Waals surface area contributed by atoms with Gasteiger partial charge in [0.15, 0.2) is 0 Å². The van der Waals surface area contributed by atoms with Gasteiger partial charge in [-0.15, -0.1) is 11.3 Å². The molecule has 5 heteroatoms. The summed E-state index contributed by atoms with van der Waals surface area (Å²) in [6.45, 7) is 2.81. The predicted octanol–water partition coefficient (Wildman–Crippen LogP) is 3.09. The first-order chi connectivity index (χ1) is 10.7. The Morgan fingerprint density at radius 1 is 1.36 bits per heavy atom. The van der Waals surface area contributed by atoms with Crippen LogP contribution in [0.2, 0.25) is 0 Å². The second-order valence-electron chi connectivity index (χ2n) is 6.39. The minimum Gasteiger partial charge on any atom is -0.353 e. The van der Waals surface area contributed by atoms with Crippen LogP contribution in [0.25, 0.3) is 0 Å². The highest BCUT2D eigenvalue weighted by atomic mass is 32.1. The second-order valence-corrected chi connectivity index (χ2v) is 7.36. The summed E-state index contributed by atoms with van der Waals surface area (Å²) in [6, 6.07) is 6.75. The van der Waals surface area contributed by atoms with Crippen molar-refractivity contribution in [3.05, 3.63) is 22.4 Å². The average Bonchev–Trinajstić information content (AvgIpc) is 3.29. The summed E-state index contributed by atoms with van der Waals surface area (Å²) in [7, 11) is 0. The topological polar surface area (TPSA) is 56.1 Å². The lowest BCUT2D eigenvalue weighted by atomic mass is 9.87. The van der Waals surface area contributed by atoms with Gasteiger partial charge >= 0.3 is 0 Å². The van der Waals surface area contributed by atoms with Crippen LogP contribution in [-0.2, 0) is 4.79 Å². The van der Waals surface area contributed by atoms with Gasteiger partial charge in [-0.05, 0) is 50.2 Å². The predicted molar refractivity (Wildman–Crippen MR) is 87.4 cm³/mol. The van der Waals surface area contributed by atoms with Crippen LogP contribution in [0, 0.1) is 16.7 Å². The highest BCUT2D eigenvalue weighted by Crippen LogP contribution is 2.38. The Morgan fingerprint density at radius 2 is 2.09 bits per heavy atom. The second kappa shape index (κ2) is 6.80. The van der Waals surface area contributed by atoms with Crippen LogP contribution in [0.5, 0.6) is 0 Å². The van der Waals surface area contributed by atoms with Crippen molar-refractivity contribution < 1.29 is 4.79 Å². The number of thiophene rings is 1. The molecule has 1 N–H and O–H groups in total. The lowest BCUT2D eigenvalue weighted by molar-refractivity contribution is -0.128. The van der Waals surface area contributed by atoms with Crippen molar-refractivity contribution in [2.45, 2.75) is 44.6 Å². The molecule has 0 spiro atoms. The number of hydrogen-bond acceptors (Lipinski definition) is 4. The standard InChI is InChI=1S/C17H23N3OS/c18-13-17(7-1-2-8-17)16(21)19-12-14(15-6-5-11-22-15)20-9-3-4-10-20/h5-6,11,14H,1-4,7-10,12H2,(H,19,21). The zero-order chi connectivity index (χ0) is 15.4. The van der Waals surface area contributed by atoms with Gasteiger partial charge in [-0.1, -0.05) is 18.9 Å². The van der Waals surface area contributed by atoms with E-state index in [-0.39, 0.29) is 11.9 Å². The maximum atomic E-state index is 12.5. The SMILES string of the molecule is N#CC1(C(=O)NCC(c2cccs2)N2CCCC2)CCCC1. The molecule has 0 radical (unpaired) electrons. The number of rotatable bonds is 5. The van der Waals surface area contributed by atoms with Crippen LogP contribution < -0.4 is 5.32 Å².